The summed E-state index contributed by atoms with van der Waals surface area (Å²) in [4.78, 5) is 11.7. The van der Waals surface area contributed by atoms with E-state index in [0.717, 1.165) is 30.2 Å². The molecule has 0 radical (unpaired) electrons. The maximum atomic E-state index is 12.6. The molecule has 1 amide bonds. The lowest BCUT2D eigenvalue weighted by molar-refractivity contribution is -0.137. The molecule has 1 saturated heterocycles. The summed E-state index contributed by atoms with van der Waals surface area (Å²) in [6, 6.07) is 4.87. The Morgan fingerprint density at radius 1 is 1.43 bits per heavy atom. The average molecular weight is 348 g/mol. The highest BCUT2D eigenvalue weighted by Crippen LogP contribution is 2.31. The van der Waals surface area contributed by atoms with Crippen molar-refractivity contribution in [2.45, 2.75) is 18.6 Å². The molecule has 0 aromatic heterocycles. The molecule has 2 rings (SSSR count). The van der Waals surface area contributed by atoms with Crippen LogP contribution in [0.1, 0.15) is 12.0 Å². The molecule has 1 atom stereocenters. The summed E-state index contributed by atoms with van der Waals surface area (Å²) in [5, 5.41) is 5.98. The lowest BCUT2D eigenvalue weighted by atomic mass is 10.2. The first-order valence-corrected chi connectivity index (χ1v) is 8.48. The quantitative estimate of drug-likeness (QED) is 0.775. The van der Waals surface area contributed by atoms with Crippen LogP contribution in [0.2, 0.25) is 0 Å². The topological polar surface area (TPSA) is 50.4 Å². The molecular formula is C15H19F3N2O2S. The van der Waals surface area contributed by atoms with Crippen molar-refractivity contribution in [1.29, 1.82) is 0 Å². The van der Waals surface area contributed by atoms with Gasteiger partial charge in [-0.25, -0.2) is 0 Å². The summed E-state index contributed by atoms with van der Waals surface area (Å²) >= 11 is 1.81. The van der Waals surface area contributed by atoms with Crippen molar-refractivity contribution < 1.29 is 22.7 Å². The molecular weight excluding hydrogens is 329 g/mol. The standard InChI is InChI=1S/C15H19F3N2O2S/c16-15(17,18)11-2-1-3-13(8-11)22-6-4-20-14(21)9-12-10-23-7-5-19-12/h1-3,8,12,19H,4-7,9-10H2,(H,20,21). The summed E-state index contributed by atoms with van der Waals surface area (Å²) < 4.78 is 42.9. The third kappa shape index (κ3) is 6.31. The zero-order valence-corrected chi connectivity index (χ0v) is 13.3. The van der Waals surface area contributed by atoms with Crippen molar-refractivity contribution in [3.63, 3.8) is 0 Å². The molecule has 1 aliphatic heterocycles. The second kappa shape index (κ2) is 8.44. The summed E-state index contributed by atoms with van der Waals surface area (Å²) in [5.41, 5.74) is -0.750. The van der Waals surface area contributed by atoms with E-state index in [-0.39, 0.29) is 30.9 Å². The first-order valence-electron chi connectivity index (χ1n) is 7.33. The van der Waals surface area contributed by atoms with E-state index in [1.807, 2.05) is 11.8 Å². The zero-order valence-electron chi connectivity index (χ0n) is 12.5. The van der Waals surface area contributed by atoms with Crippen molar-refractivity contribution in [2.24, 2.45) is 0 Å². The van der Waals surface area contributed by atoms with Crippen LogP contribution in [-0.4, -0.2) is 43.2 Å². The maximum absolute atomic E-state index is 12.6. The van der Waals surface area contributed by atoms with Crippen molar-refractivity contribution in [3.8, 4) is 5.75 Å². The maximum Gasteiger partial charge on any atom is 0.416 e. The van der Waals surface area contributed by atoms with Crippen LogP contribution < -0.4 is 15.4 Å². The third-order valence-corrected chi connectivity index (χ3v) is 4.42. The van der Waals surface area contributed by atoms with Crippen molar-refractivity contribution in [2.75, 3.05) is 31.2 Å². The van der Waals surface area contributed by atoms with Gasteiger partial charge in [0.05, 0.1) is 12.1 Å². The largest absolute Gasteiger partial charge is 0.492 e. The molecule has 1 aliphatic rings. The molecule has 2 N–H and O–H groups in total. The van der Waals surface area contributed by atoms with Crippen LogP contribution in [0.5, 0.6) is 5.75 Å². The van der Waals surface area contributed by atoms with Gasteiger partial charge in [-0.2, -0.15) is 24.9 Å². The Kier molecular flexibility index (Phi) is 6.59. The van der Waals surface area contributed by atoms with Gasteiger partial charge in [-0.3, -0.25) is 4.79 Å². The number of carbonyl (C=O) groups is 1. The highest BCUT2D eigenvalue weighted by molar-refractivity contribution is 7.99. The predicted molar refractivity (Wildman–Crippen MR) is 83.7 cm³/mol. The van der Waals surface area contributed by atoms with Crippen LogP contribution in [0.25, 0.3) is 0 Å². The number of thioether (sulfide) groups is 1. The first kappa shape index (κ1) is 17.9. The van der Waals surface area contributed by atoms with Crippen LogP contribution in [0.4, 0.5) is 13.2 Å². The molecule has 1 aromatic carbocycles. The molecule has 0 bridgehead atoms. The van der Waals surface area contributed by atoms with Gasteiger partial charge in [0.1, 0.15) is 12.4 Å². The Morgan fingerprint density at radius 2 is 2.26 bits per heavy atom. The van der Waals surface area contributed by atoms with E-state index in [0.29, 0.717) is 6.42 Å². The van der Waals surface area contributed by atoms with E-state index in [1.165, 1.54) is 12.1 Å². The fraction of sp³-hybridized carbons (Fsp3) is 0.533. The van der Waals surface area contributed by atoms with Gasteiger partial charge in [-0.15, -0.1) is 0 Å². The molecule has 0 saturated carbocycles. The zero-order chi connectivity index (χ0) is 16.7. The second-order valence-corrected chi connectivity index (χ2v) is 6.30. The predicted octanol–water partition coefficient (Wildman–Crippen LogP) is 2.30. The number of benzene rings is 1. The number of halogens is 3. The number of ether oxygens (including phenoxy) is 1. The number of amides is 1. The summed E-state index contributed by atoms with van der Waals surface area (Å²) in [5.74, 6) is 2.02. The van der Waals surface area contributed by atoms with Crippen molar-refractivity contribution >= 4 is 17.7 Å². The van der Waals surface area contributed by atoms with Crippen LogP contribution in [-0.2, 0) is 11.0 Å². The van der Waals surface area contributed by atoms with Gasteiger partial charge in [-0.05, 0) is 18.2 Å². The van der Waals surface area contributed by atoms with E-state index in [9.17, 15) is 18.0 Å². The minimum atomic E-state index is -4.39. The highest BCUT2D eigenvalue weighted by Gasteiger charge is 2.30. The number of hydrogen-bond donors (Lipinski definition) is 2. The molecule has 1 unspecified atom stereocenters. The normalized spacial score (nSPS) is 18.5. The Labute approximate surface area is 137 Å². The van der Waals surface area contributed by atoms with Gasteiger partial charge in [0, 0.05) is 30.5 Å². The fourth-order valence-electron chi connectivity index (χ4n) is 2.17. The van der Waals surface area contributed by atoms with E-state index < -0.39 is 11.7 Å². The van der Waals surface area contributed by atoms with Crippen LogP contribution in [0.15, 0.2) is 24.3 Å². The minimum Gasteiger partial charge on any atom is -0.492 e. The fourth-order valence-corrected chi connectivity index (χ4v) is 3.12. The van der Waals surface area contributed by atoms with Gasteiger partial charge >= 0.3 is 6.18 Å². The van der Waals surface area contributed by atoms with Crippen LogP contribution in [0.3, 0.4) is 0 Å². The lowest BCUT2D eigenvalue weighted by Crippen LogP contribution is -2.41. The Hall–Kier alpha value is -1.41. The van der Waals surface area contributed by atoms with Crippen molar-refractivity contribution in [3.05, 3.63) is 29.8 Å². The SMILES string of the molecule is O=C(CC1CSCCN1)NCCOc1cccc(C(F)(F)F)c1. The lowest BCUT2D eigenvalue weighted by Gasteiger charge is -2.22. The molecule has 1 heterocycles. The van der Waals surface area contributed by atoms with Crippen LogP contribution >= 0.6 is 11.8 Å². The van der Waals surface area contributed by atoms with Crippen molar-refractivity contribution in [1.82, 2.24) is 10.6 Å². The van der Waals surface area contributed by atoms with E-state index in [4.69, 9.17) is 4.74 Å². The van der Waals surface area contributed by atoms with E-state index in [2.05, 4.69) is 10.6 Å². The number of carbonyl (C=O) groups excluding carboxylic acids is 1. The van der Waals surface area contributed by atoms with Gasteiger partial charge < -0.3 is 15.4 Å². The summed E-state index contributed by atoms with van der Waals surface area (Å²) in [6.07, 6.45) is -3.99. The van der Waals surface area contributed by atoms with Crippen LogP contribution in [0, 0.1) is 0 Å². The Morgan fingerprint density at radius 3 is 2.96 bits per heavy atom. The average Bonchev–Trinajstić information content (AvgIpc) is 2.52. The molecule has 0 aliphatic carbocycles. The molecule has 1 aromatic rings. The Balaban J connectivity index is 1.68. The Bertz CT molecular complexity index is 520. The number of nitrogens with one attached hydrogen (secondary N) is 2. The number of hydrogen-bond acceptors (Lipinski definition) is 4. The van der Waals surface area contributed by atoms with Gasteiger partial charge in [0.25, 0.3) is 0 Å². The summed E-state index contributed by atoms with van der Waals surface area (Å²) in [7, 11) is 0. The van der Waals surface area contributed by atoms with E-state index in [1.54, 1.807) is 0 Å². The molecule has 4 nitrogen and oxygen atoms in total. The molecule has 0 spiro atoms. The molecule has 1 fully saturated rings. The smallest absolute Gasteiger partial charge is 0.416 e. The monoisotopic (exact) mass is 348 g/mol. The third-order valence-electron chi connectivity index (χ3n) is 3.28. The second-order valence-electron chi connectivity index (χ2n) is 5.15. The minimum absolute atomic E-state index is 0.0855. The van der Waals surface area contributed by atoms with E-state index >= 15 is 0 Å². The highest BCUT2D eigenvalue weighted by atomic mass is 32.2. The first-order chi connectivity index (χ1) is 10.9. The molecule has 128 valence electrons. The number of alkyl halides is 3. The molecule has 23 heavy (non-hydrogen) atoms. The van der Waals surface area contributed by atoms with Gasteiger partial charge in [-0.1, -0.05) is 6.07 Å². The summed E-state index contributed by atoms with van der Waals surface area (Å²) in [6.45, 7) is 1.29. The van der Waals surface area contributed by atoms with Gasteiger partial charge in [0.15, 0.2) is 0 Å². The number of rotatable bonds is 6. The molecule has 8 heteroatoms. The van der Waals surface area contributed by atoms with Gasteiger partial charge in [0.2, 0.25) is 5.91 Å².